The fourth-order valence-corrected chi connectivity index (χ4v) is 2.14. The van der Waals surface area contributed by atoms with Crippen molar-refractivity contribution in [1.82, 2.24) is 4.90 Å². The van der Waals surface area contributed by atoms with Gasteiger partial charge in [0, 0.05) is 18.6 Å². The van der Waals surface area contributed by atoms with E-state index in [0.717, 1.165) is 16.9 Å². The Labute approximate surface area is 136 Å². The van der Waals surface area contributed by atoms with E-state index in [0.29, 0.717) is 11.6 Å². The molecule has 1 amide bonds. The van der Waals surface area contributed by atoms with Crippen molar-refractivity contribution in [2.45, 2.75) is 20.4 Å². The van der Waals surface area contributed by atoms with Crippen LogP contribution in [0.3, 0.4) is 0 Å². The lowest BCUT2D eigenvalue weighted by Gasteiger charge is -2.18. The molecule has 0 N–H and O–H groups in total. The van der Waals surface area contributed by atoms with E-state index < -0.39 is 0 Å². The van der Waals surface area contributed by atoms with E-state index in [-0.39, 0.29) is 12.5 Å². The maximum atomic E-state index is 12.1. The standard InChI is InChI=1S/C18H20ClNO2/c1-13-4-9-17(10-14(13)2)22-12-18(21)20(3)11-15-5-7-16(19)8-6-15/h4-10H,11-12H2,1-3H3. The van der Waals surface area contributed by atoms with Gasteiger partial charge in [-0.1, -0.05) is 29.8 Å². The van der Waals surface area contributed by atoms with E-state index in [2.05, 4.69) is 0 Å². The van der Waals surface area contributed by atoms with Gasteiger partial charge >= 0.3 is 0 Å². The highest BCUT2D eigenvalue weighted by Gasteiger charge is 2.10. The van der Waals surface area contributed by atoms with Gasteiger partial charge < -0.3 is 9.64 Å². The molecule has 0 saturated carbocycles. The van der Waals surface area contributed by atoms with Crippen molar-refractivity contribution >= 4 is 17.5 Å². The molecule has 3 nitrogen and oxygen atoms in total. The van der Waals surface area contributed by atoms with Gasteiger partial charge in [0.1, 0.15) is 5.75 Å². The number of hydrogen-bond donors (Lipinski definition) is 0. The van der Waals surface area contributed by atoms with Crippen molar-refractivity contribution in [2.75, 3.05) is 13.7 Å². The number of ether oxygens (including phenoxy) is 1. The molecule has 22 heavy (non-hydrogen) atoms. The van der Waals surface area contributed by atoms with Crippen molar-refractivity contribution in [3.8, 4) is 5.75 Å². The summed E-state index contributed by atoms with van der Waals surface area (Å²) in [6.07, 6.45) is 0. The second-order valence-corrected chi connectivity index (χ2v) is 5.85. The summed E-state index contributed by atoms with van der Waals surface area (Å²) >= 11 is 5.85. The highest BCUT2D eigenvalue weighted by atomic mass is 35.5. The lowest BCUT2D eigenvalue weighted by molar-refractivity contribution is -0.132. The molecule has 0 fully saturated rings. The van der Waals surface area contributed by atoms with Crippen molar-refractivity contribution in [3.05, 3.63) is 64.2 Å². The molecule has 0 aromatic heterocycles. The van der Waals surface area contributed by atoms with Gasteiger partial charge in [-0.15, -0.1) is 0 Å². The number of nitrogens with zero attached hydrogens (tertiary/aromatic N) is 1. The monoisotopic (exact) mass is 317 g/mol. The van der Waals surface area contributed by atoms with Gasteiger partial charge in [0.2, 0.25) is 0 Å². The number of benzene rings is 2. The van der Waals surface area contributed by atoms with Crippen LogP contribution in [0, 0.1) is 13.8 Å². The van der Waals surface area contributed by atoms with Gasteiger partial charge in [-0.3, -0.25) is 4.79 Å². The van der Waals surface area contributed by atoms with Crippen LogP contribution < -0.4 is 4.74 Å². The molecule has 4 heteroatoms. The number of rotatable bonds is 5. The van der Waals surface area contributed by atoms with Crippen LogP contribution in [0.5, 0.6) is 5.75 Å². The van der Waals surface area contributed by atoms with Gasteiger partial charge in [-0.2, -0.15) is 0 Å². The van der Waals surface area contributed by atoms with E-state index in [9.17, 15) is 4.79 Å². The lowest BCUT2D eigenvalue weighted by atomic mass is 10.1. The molecule has 0 unspecified atom stereocenters. The highest BCUT2D eigenvalue weighted by Crippen LogP contribution is 2.16. The Morgan fingerprint density at radius 2 is 1.77 bits per heavy atom. The molecule has 0 aliphatic carbocycles. The average Bonchev–Trinajstić information content (AvgIpc) is 2.50. The molecule has 0 aliphatic heterocycles. The molecule has 0 heterocycles. The fraction of sp³-hybridized carbons (Fsp3) is 0.278. The lowest BCUT2D eigenvalue weighted by Crippen LogP contribution is -2.30. The number of hydrogen-bond acceptors (Lipinski definition) is 2. The Kier molecular flexibility index (Phi) is 5.45. The van der Waals surface area contributed by atoms with E-state index in [4.69, 9.17) is 16.3 Å². The third-order valence-corrected chi connectivity index (χ3v) is 3.85. The molecular weight excluding hydrogens is 298 g/mol. The smallest absolute Gasteiger partial charge is 0.260 e. The van der Waals surface area contributed by atoms with Gasteiger partial charge in [0.25, 0.3) is 5.91 Å². The number of carbonyl (C=O) groups is 1. The van der Waals surface area contributed by atoms with Crippen LogP contribution in [0.2, 0.25) is 5.02 Å². The highest BCUT2D eigenvalue weighted by molar-refractivity contribution is 6.30. The van der Waals surface area contributed by atoms with Gasteiger partial charge in [-0.05, 0) is 54.8 Å². The van der Waals surface area contributed by atoms with Crippen molar-refractivity contribution < 1.29 is 9.53 Å². The summed E-state index contributed by atoms with van der Waals surface area (Å²) in [6, 6.07) is 13.3. The second kappa shape index (κ2) is 7.32. The molecule has 0 spiro atoms. The maximum absolute atomic E-state index is 12.1. The molecule has 0 radical (unpaired) electrons. The number of carbonyl (C=O) groups excluding carboxylic acids is 1. The van der Waals surface area contributed by atoms with Crippen LogP contribution in [-0.4, -0.2) is 24.5 Å². The zero-order valence-electron chi connectivity index (χ0n) is 13.1. The number of aryl methyl sites for hydroxylation is 2. The zero-order valence-corrected chi connectivity index (χ0v) is 13.9. The maximum Gasteiger partial charge on any atom is 0.260 e. The first-order valence-electron chi connectivity index (χ1n) is 7.14. The fourth-order valence-electron chi connectivity index (χ4n) is 2.01. The Hall–Kier alpha value is -2.00. The molecule has 0 saturated heterocycles. The Bertz CT molecular complexity index is 653. The van der Waals surface area contributed by atoms with Crippen LogP contribution in [0.1, 0.15) is 16.7 Å². The predicted octanol–water partition coefficient (Wildman–Crippen LogP) is 3.99. The minimum Gasteiger partial charge on any atom is -0.484 e. The SMILES string of the molecule is Cc1ccc(OCC(=O)N(C)Cc2ccc(Cl)cc2)cc1C. The normalized spacial score (nSPS) is 10.4. The number of likely N-dealkylation sites (N-methyl/N-ethyl adjacent to an activating group) is 1. The average molecular weight is 318 g/mol. The molecule has 0 bridgehead atoms. The largest absolute Gasteiger partial charge is 0.484 e. The first-order valence-corrected chi connectivity index (χ1v) is 7.52. The summed E-state index contributed by atoms with van der Waals surface area (Å²) in [6.45, 7) is 4.64. The molecule has 0 atom stereocenters. The molecule has 0 aliphatic rings. The summed E-state index contributed by atoms with van der Waals surface area (Å²) in [5.41, 5.74) is 3.39. The van der Waals surface area contributed by atoms with Crippen molar-refractivity contribution in [1.29, 1.82) is 0 Å². The summed E-state index contributed by atoms with van der Waals surface area (Å²) < 4.78 is 5.57. The Balaban J connectivity index is 1.88. The third-order valence-electron chi connectivity index (χ3n) is 3.60. The predicted molar refractivity (Wildman–Crippen MR) is 89.3 cm³/mol. The molecule has 2 rings (SSSR count). The second-order valence-electron chi connectivity index (χ2n) is 5.41. The summed E-state index contributed by atoms with van der Waals surface area (Å²) in [5, 5.41) is 0.691. The van der Waals surface area contributed by atoms with E-state index in [1.165, 1.54) is 5.56 Å². The summed E-state index contributed by atoms with van der Waals surface area (Å²) in [4.78, 5) is 13.8. The molecule has 2 aromatic rings. The van der Waals surface area contributed by atoms with Crippen LogP contribution >= 0.6 is 11.6 Å². The molecular formula is C18H20ClNO2. The number of halogens is 1. The Morgan fingerprint density at radius 3 is 2.41 bits per heavy atom. The van der Waals surface area contributed by atoms with Crippen LogP contribution in [0.4, 0.5) is 0 Å². The summed E-state index contributed by atoms with van der Waals surface area (Å²) in [7, 11) is 1.76. The molecule has 2 aromatic carbocycles. The third kappa shape index (κ3) is 4.50. The topological polar surface area (TPSA) is 29.5 Å². The van der Waals surface area contributed by atoms with Crippen LogP contribution in [0.15, 0.2) is 42.5 Å². The van der Waals surface area contributed by atoms with E-state index >= 15 is 0 Å². The van der Waals surface area contributed by atoms with Gasteiger partial charge in [-0.25, -0.2) is 0 Å². The first kappa shape index (κ1) is 16.4. The van der Waals surface area contributed by atoms with Crippen molar-refractivity contribution in [3.63, 3.8) is 0 Å². The van der Waals surface area contributed by atoms with Crippen LogP contribution in [0.25, 0.3) is 0 Å². The van der Waals surface area contributed by atoms with Crippen molar-refractivity contribution in [2.24, 2.45) is 0 Å². The minimum atomic E-state index is -0.0619. The van der Waals surface area contributed by atoms with Gasteiger partial charge in [0.05, 0.1) is 0 Å². The quantitative estimate of drug-likeness (QED) is 0.834. The number of amides is 1. The molecule has 116 valence electrons. The minimum absolute atomic E-state index is 0.0343. The van der Waals surface area contributed by atoms with E-state index in [1.54, 1.807) is 11.9 Å². The van der Waals surface area contributed by atoms with Gasteiger partial charge in [0.15, 0.2) is 6.61 Å². The zero-order chi connectivity index (χ0) is 16.1. The van der Waals surface area contributed by atoms with E-state index in [1.807, 2.05) is 56.3 Å². The Morgan fingerprint density at radius 1 is 1.09 bits per heavy atom. The first-order chi connectivity index (χ1) is 10.5. The summed E-state index contributed by atoms with van der Waals surface area (Å²) in [5.74, 6) is 0.657. The van der Waals surface area contributed by atoms with Crippen LogP contribution in [-0.2, 0) is 11.3 Å².